The molecular weight excluding hydrogens is 226 g/mol. The van der Waals surface area contributed by atoms with Crippen LogP contribution in [0.4, 0.5) is 0 Å². The van der Waals surface area contributed by atoms with Crippen molar-refractivity contribution in [3.8, 4) is 6.07 Å². The lowest BCUT2D eigenvalue weighted by molar-refractivity contribution is 0.159. The summed E-state index contributed by atoms with van der Waals surface area (Å²) in [4.78, 5) is 2.25. The van der Waals surface area contributed by atoms with Gasteiger partial charge in [0.1, 0.15) is 5.54 Å². The van der Waals surface area contributed by atoms with Gasteiger partial charge < -0.3 is 9.64 Å². The van der Waals surface area contributed by atoms with Crippen LogP contribution >= 0.6 is 0 Å². The Hall–Kier alpha value is -0.630. The van der Waals surface area contributed by atoms with E-state index in [4.69, 9.17) is 4.74 Å². The van der Waals surface area contributed by atoms with E-state index in [1.54, 1.807) is 7.11 Å². The number of rotatable bonds is 11. The average molecular weight is 255 g/mol. The molecule has 4 nitrogen and oxygen atoms in total. The first-order valence-electron chi connectivity index (χ1n) is 6.98. The molecule has 0 aromatic rings. The molecule has 106 valence electrons. The molecular formula is C14H29N3O. The van der Waals surface area contributed by atoms with E-state index in [-0.39, 0.29) is 5.54 Å². The zero-order valence-electron chi connectivity index (χ0n) is 12.5. The van der Waals surface area contributed by atoms with Crippen LogP contribution in [0, 0.1) is 11.3 Å². The molecule has 0 aliphatic rings. The van der Waals surface area contributed by atoms with E-state index in [1.165, 1.54) is 0 Å². The SMILES string of the molecule is CCCNC(C#N)(CC)CCCN(C)CCOC. The van der Waals surface area contributed by atoms with Gasteiger partial charge in [0.15, 0.2) is 0 Å². The van der Waals surface area contributed by atoms with E-state index in [0.717, 1.165) is 51.9 Å². The summed E-state index contributed by atoms with van der Waals surface area (Å²) in [5.74, 6) is 0. The zero-order valence-corrected chi connectivity index (χ0v) is 12.5. The number of hydrogen-bond acceptors (Lipinski definition) is 4. The van der Waals surface area contributed by atoms with Crippen molar-refractivity contribution in [2.45, 2.75) is 45.1 Å². The molecule has 0 heterocycles. The molecule has 1 unspecified atom stereocenters. The van der Waals surface area contributed by atoms with E-state index in [1.807, 2.05) is 0 Å². The van der Waals surface area contributed by atoms with Gasteiger partial charge in [0.25, 0.3) is 0 Å². The second-order valence-electron chi connectivity index (χ2n) is 4.87. The number of nitrogens with one attached hydrogen (secondary N) is 1. The molecule has 18 heavy (non-hydrogen) atoms. The number of methoxy groups -OCH3 is 1. The van der Waals surface area contributed by atoms with E-state index in [2.05, 4.69) is 37.2 Å². The summed E-state index contributed by atoms with van der Waals surface area (Å²) >= 11 is 0. The summed E-state index contributed by atoms with van der Waals surface area (Å²) < 4.78 is 5.05. The fourth-order valence-corrected chi connectivity index (χ4v) is 1.94. The van der Waals surface area contributed by atoms with Crippen molar-refractivity contribution in [3.63, 3.8) is 0 Å². The molecule has 0 rings (SSSR count). The monoisotopic (exact) mass is 255 g/mol. The van der Waals surface area contributed by atoms with Crippen LogP contribution in [0.5, 0.6) is 0 Å². The van der Waals surface area contributed by atoms with Gasteiger partial charge in [-0.05, 0) is 45.8 Å². The summed E-state index contributed by atoms with van der Waals surface area (Å²) in [5, 5.41) is 12.8. The van der Waals surface area contributed by atoms with Crippen LogP contribution in [0.25, 0.3) is 0 Å². The maximum absolute atomic E-state index is 9.36. The molecule has 0 spiro atoms. The molecule has 0 saturated heterocycles. The van der Waals surface area contributed by atoms with Gasteiger partial charge in [-0.25, -0.2) is 0 Å². The minimum atomic E-state index is -0.335. The van der Waals surface area contributed by atoms with Gasteiger partial charge in [-0.1, -0.05) is 13.8 Å². The number of nitriles is 1. The van der Waals surface area contributed by atoms with Crippen molar-refractivity contribution in [1.29, 1.82) is 5.26 Å². The second kappa shape index (κ2) is 10.3. The molecule has 0 amide bonds. The highest BCUT2D eigenvalue weighted by Crippen LogP contribution is 2.16. The highest BCUT2D eigenvalue weighted by atomic mass is 16.5. The lowest BCUT2D eigenvalue weighted by Crippen LogP contribution is -2.44. The third-order valence-electron chi connectivity index (χ3n) is 3.35. The maximum atomic E-state index is 9.36. The summed E-state index contributed by atoms with van der Waals surface area (Å²) in [6, 6.07) is 2.46. The highest BCUT2D eigenvalue weighted by Gasteiger charge is 2.26. The van der Waals surface area contributed by atoms with Crippen molar-refractivity contribution >= 4 is 0 Å². The van der Waals surface area contributed by atoms with Crippen molar-refractivity contribution < 1.29 is 4.74 Å². The number of nitrogens with zero attached hydrogens (tertiary/aromatic N) is 2. The molecule has 0 saturated carbocycles. The summed E-state index contributed by atoms with van der Waals surface area (Å²) in [6.45, 7) is 7.86. The van der Waals surface area contributed by atoms with Gasteiger partial charge in [0.05, 0.1) is 12.7 Å². The van der Waals surface area contributed by atoms with Crippen LogP contribution in [-0.2, 0) is 4.74 Å². The molecule has 0 radical (unpaired) electrons. The van der Waals surface area contributed by atoms with Crippen LogP contribution < -0.4 is 5.32 Å². The van der Waals surface area contributed by atoms with Crippen molar-refractivity contribution in [3.05, 3.63) is 0 Å². The first-order valence-corrected chi connectivity index (χ1v) is 6.98. The van der Waals surface area contributed by atoms with E-state index < -0.39 is 0 Å². The lowest BCUT2D eigenvalue weighted by atomic mass is 9.91. The molecule has 0 fully saturated rings. The molecule has 0 aromatic carbocycles. The molecule has 0 aliphatic carbocycles. The Morgan fingerprint density at radius 2 is 2.06 bits per heavy atom. The quantitative estimate of drug-likeness (QED) is 0.613. The topological polar surface area (TPSA) is 48.3 Å². The molecule has 4 heteroatoms. The van der Waals surface area contributed by atoms with Gasteiger partial charge >= 0.3 is 0 Å². The predicted octanol–water partition coefficient (Wildman–Crippen LogP) is 2.02. The van der Waals surface area contributed by atoms with Crippen LogP contribution in [0.1, 0.15) is 39.5 Å². The predicted molar refractivity (Wildman–Crippen MR) is 75.5 cm³/mol. The Bertz CT molecular complexity index is 240. The number of ether oxygens (including phenoxy) is 1. The van der Waals surface area contributed by atoms with Crippen LogP contribution in [-0.4, -0.2) is 50.8 Å². The van der Waals surface area contributed by atoms with Gasteiger partial charge in [0, 0.05) is 13.7 Å². The first kappa shape index (κ1) is 17.4. The fourth-order valence-electron chi connectivity index (χ4n) is 1.94. The highest BCUT2D eigenvalue weighted by molar-refractivity contribution is 5.06. The van der Waals surface area contributed by atoms with Crippen LogP contribution in [0.3, 0.4) is 0 Å². The van der Waals surface area contributed by atoms with E-state index >= 15 is 0 Å². The maximum Gasteiger partial charge on any atom is 0.106 e. The van der Waals surface area contributed by atoms with Crippen LogP contribution in [0.2, 0.25) is 0 Å². The van der Waals surface area contributed by atoms with Gasteiger partial charge in [0.2, 0.25) is 0 Å². The van der Waals surface area contributed by atoms with E-state index in [0.29, 0.717) is 0 Å². The fraction of sp³-hybridized carbons (Fsp3) is 0.929. The molecule has 1 N–H and O–H groups in total. The van der Waals surface area contributed by atoms with Crippen molar-refractivity contribution in [2.24, 2.45) is 0 Å². The van der Waals surface area contributed by atoms with Crippen LogP contribution in [0.15, 0.2) is 0 Å². The summed E-state index contributed by atoms with van der Waals surface area (Å²) in [5.41, 5.74) is -0.335. The van der Waals surface area contributed by atoms with Gasteiger partial charge in [-0.2, -0.15) is 5.26 Å². The average Bonchev–Trinajstić information content (AvgIpc) is 2.40. The Morgan fingerprint density at radius 1 is 1.33 bits per heavy atom. The third-order valence-corrected chi connectivity index (χ3v) is 3.35. The zero-order chi connectivity index (χ0) is 13.9. The summed E-state index contributed by atoms with van der Waals surface area (Å²) in [7, 11) is 3.82. The minimum absolute atomic E-state index is 0.335. The first-order chi connectivity index (χ1) is 8.64. The van der Waals surface area contributed by atoms with Crippen molar-refractivity contribution in [2.75, 3.05) is 40.4 Å². The number of hydrogen-bond donors (Lipinski definition) is 1. The van der Waals surface area contributed by atoms with Crippen molar-refractivity contribution in [1.82, 2.24) is 10.2 Å². The second-order valence-corrected chi connectivity index (χ2v) is 4.87. The van der Waals surface area contributed by atoms with Gasteiger partial charge in [-0.3, -0.25) is 5.32 Å². The summed E-state index contributed by atoms with van der Waals surface area (Å²) in [6.07, 6.45) is 3.89. The third kappa shape index (κ3) is 6.95. The normalized spacial score (nSPS) is 14.4. The Morgan fingerprint density at radius 3 is 2.56 bits per heavy atom. The van der Waals surface area contributed by atoms with Gasteiger partial charge in [-0.15, -0.1) is 0 Å². The lowest BCUT2D eigenvalue weighted by Gasteiger charge is -2.27. The Labute approximate surface area is 112 Å². The molecule has 0 aromatic heterocycles. The smallest absolute Gasteiger partial charge is 0.106 e. The molecule has 1 atom stereocenters. The largest absolute Gasteiger partial charge is 0.383 e. The Kier molecular flexibility index (Phi) is 9.95. The molecule has 0 aliphatic heterocycles. The molecule has 0 bridgehead atoms. The number of likely N-dealkylation sites (N-methyl/N-ethyl adjacent to an activating group) is 1. The standard InChI is InChI=1S/C14H29N3O/c1-5-9-16-14(6-2,13-15)8-7-10-17(3)11-12-18-4/h16H,5-12H2,1-4H3. The minimum Gasteiger partial charge on any atom is -0.383 e. The van der Waals surface area contributed by atoms with E-state index in [9.17, 15) is 5.26 Å². The Balaban J connectivity index is 4.00.